The van der Waals surface area contributed by atoms with Crippen molar-refractivity contribution in [3.05, 3.63) is 83.4 Å². The first-order valence-electron chi connectivity index (χ1n) is 8.88. The molecule has 0 fully saturated rings. The zero-order valence-electron chi connectivity index (χ0n) is 14.9. The van der Waals surface area contributed by atoms with Crippen LogP contribution in [0.25, 0.3) is 44.2 Å². The van der Waals surface area contributed by atoms with Crippen LogP contribution in [0.2, 0.25) is 0 Å². The summed E-state index contributed by atoms with van der Waals surface area (Å²) in [5.74, 6) is 0. The lowest BCUT2D eigenvalue weighted by Gasteiger charge is -2.13. The van der Waals surface area contributed by atoms with Gasteiger partial charge in [-0.3, -0.25) is 0 Å². The maximum absolute atomic E-state index is 2.40. The van der Waals surface area contributed by atoms with E-state index < -0.39 is 0 Å². The fourth-order valence-corrected chi connectivity index (χ4v) is 4.35. The average Bonchev–Trinajstić information content (AvgIpc) is 2.91. The van der Waals surface area contributed by atoms with E-state index in [-0.39, 0.29) is 0 Å². The van der Waals surface area contributed by atoms with Gasteiger partial charge in [0.1, 0.15) is 0 Å². The Labute approximate surface area is 148 Å². The predicted molar refractivity (Wildman–Crippen MR) is 108 cm³/mol. The summed E-state index contributed by atoms with van der Waals surface area (Å²) in [6.07, 6.45) is 0. The topological polar surface area (TPSA) is 0 Å². The zero-order chi connectivity index (χ0) is 17.1. The highest BCUT2D eigenvalue weighted by atomic mass is 14.3. The summed E-state index contributed by atoms with van der Waals surface area (Å²) in [4.78, 5) is 0. The summed E-state index contributed by atoms with van der Waals surface area (Å²) in [6, 6.07) is 24.8. The van der Waals surface area contributed by atoms with Crippen LogP contribution >= 0.6 is 0 Å². The minimum Gasteiger partial charge on any atom is -0.0610 e. The summed E-state index contributed by atoms with van der Waals surface area (Å²) in [5, 5.41) is 2.73. The average molecular weight is 320 g/mol. The van der Waals surface area contributed by atoms with Crippen molar-refractivity contribution in [1.29, 1.82) is 0 Å². The van der Waals surface area contributed by atoms with E-state index in [0.29, 0.717) is 0 Å². The fraction of sp³-hybridized carbons (Fsp3) is 0.120. The molecule has 1 aliphatic rings. The van der Waals surface area contributed by atoms with Crippen molar-refractivity contribution in [2.45, 2.75) is 20.8 Å². The number of rotatable bonds is 1. The molecule has 0 saturated carbocycles. The third kappa shape index (κ3) is 2.01. The van der Waals surface area contributed by atoms with Gasteiger partial charge in [0.25, 0.3) is 0 Å². The predicted octanol–water partition coefficient (Wildman–Crippen LogP) is 7.08. The molecule has 0 nitrogen and oxygen atoms in total. The second-order valence-corrected chi connectivity index (χ2v) is 7.24. The third-order valence-corrected chi connectivity index (χ3v) is 5.52. The molecule has 0 aromatic heterocycles. The molecule has 0 heteroatoms. The molecular formula is C25H20. The van der Waals surface area contributed by atoms with Gasteiger partial charge in [0, 0.05) is 0 Å². The smallest absolute Gasteiger partial charge is 0.00264 e. The third-order valence-electron chi connectivity index (χ3n) is 5.52. The van der Waals surface area contributed by atoms with Gasteiger partial charge in [-0.15, -0.1) is 0 Å². The van der Waals surface area contributed by atoms with Crippen LogP contribution in [0.1, 0.15) is 16.7 Å². The summed E-state index contributed by atoms with van der Waals surface area (Å²) in [6.45, 7) is 6.60. The van der Waals surface area contributed by atoms with Crippen LogP contribution in [0.15, 0.2) is 66.7 Å². The van der Waals surface area contributed by atoms with Gasteiger partial charge in [0.15, 0.2) is 0 Å². The Bertz CT molecular complexity index is 1160. The van der Waals surface area contributed by atoms with Gasteiger partial charge < -0.3 is 0 Å². The fourth-order valence-electron chi connectivity index (χ4n) is 4.35. The lowest BCUT2D eigenvalue weighted by molar-refractivity contribution is 1.36. The van der Waals surface area contributed by atoms with E-state index in [1.807, 2.05) is 0 Å². The molecule has 4 aromatic carbocycles. The van der Waals surface area contributed by atoms with Crippen LogP contribution in [0.5, 0.6) is 0 Å². The molecule has 0 bridgehead atoms. The molecule has 25 heavy (non-hydrogen) atoms. The van der Waals surface area contributed by atoms with Crippen molar-refractivity contribution in [1.82, 2.24) is 0 Å². The van der Waals surface area contributed by atoms with E-state index in [1.165, 1.54) is 60.8 Å². The molecule has 0 amide bonds. The largest absolute Gasteiger partial charge is 0.0610 e. The molecule has 0 aliphatic heterocycles. The van der Waals surface area contributed by atoms with E-state index in [4.69, 9.17) is 0 Å². The molecular weight excluding hydrogens is 300 g/mol. The van der Waals surface area contributed by atoms with Crippen molar-refractivity contribution in [2.24, 2.45) is 0 Å². The SMILES string of the molecule is Cc1ccc(-c2cc3c(cc2C)-c2cccc4cccc-3c24)c(C)c1. The molecule has 4 aromatic rings. The molecule has 0 N–H and O–H groups in total. The molecule has 0 saturated heterocycles. The first kappa shape index (κ1) is 14.5. The minimum atomic E-state index is 1.32. The van der Waals surface area contributed by atoms with Crippen molar-refractivity contribution in [2.75, 3.05) is 0 Å². The van der Waals surface area contributed by atoms with E-state index in [9.17, 15) is 0 Å². The maximum atomic E-state index is 2.40. The van der Waals surface area contributed by atoms with Crippen LogP contribution in [-0.4, -0.2) is 0 Å². The van der Waals surface area contributed by atoms with Crippen LogP contribution in [-0.2, 0) is 0 Å². The van der Waals surface area contributed by atoms with Crippen molar-refractivity contribution < 1.29 is 0 Å². The Morgan fingerprint density at radius 2 is 1.12 bits per heavy atom. The monoisotopic (exact) mass is 320 g/mol. The minimum absolute atomic E-state index is 1.32. The number of aryl methyl sites for hydroxylation is 3. The molecule has 0 atom stereocenters. The Morgan fingerprint density at radius 1 is 0.480 bits per heavy atom. The van der Waals surface area contributed by atoms with Gasteiger partial charge in [0.2, 0.25) is 0 Å². The molecule has 120 valence electrons. The molecule has 0 heterocycles. The van der Waals surface area contributed by atoms with Gasteiger partial charge in [0.05, 0.1) is 0 Å². The van der Waals surface area contributed by atoms with E-state index in [2.05, 4.69) is 87.5 Å². The van der Waals surface area contributed by atoms with Crippen LogP contribution < -0.4 is 0 Å². The quantitative estimate of drug-likeness (QED) is 0.309. The van der Waals surface area contributed by atoms with E-state index in [0.717, 1.165) is 0 Å². The molecule has 0 unspecified atom stereocenters. The van der Waals surface area contributed by atoms with Gasteiger partial charge in [-0.05, 0) is 82.1 Å². The van der Waals surface area contributed by atoms with Gasteiger partial charge in [-0.1, -0.05) is 66.2 Å². The summed E-state index contributed by atoms with van der Waals surface area (Å²) in [7, 11) is 0. The first-order chi connectivity index (χ1) is 12.1. The van der Waals surface area contributed by atoms with Crippen molar-refractivity contribution >= 4 is 10.8 Å². The second-order valence-electron chi connectivity index (χ2n) is 7.24. The number of hydrogen-bond acceptors (Lipinski definition) is 0. The van der Waals surface area contributed by atoms with Crippen molar-refractivity contribution in [3.8, 4) is 33.4 Å². The summed E-state index contributed by atoms with van der Waals surface area (Å²) >= 11 is 0. The van der Waals surface area contributed by atoms with E-state index in [1.54, 1.807) is 0 Å². The highest BCUT2D eigenvalue weighted by molar-refractivity contribution is 6.15. The lowest BCUT2D eigenvalue weighted by atomic mass is 9.91. The Morgan fingerprint density at radius 3 is 1.80 bits per heavy atom. The number of hydrogen-bond donors (Lipinski definition) is 0. The molecule has 0 spiro atoms. The molecule has 5 rings (SSSR count). The highest BCUT2D eigenvalue weighted by Gasteiger charge is 2.22. The van der Waals surface area contributed by atoms with E-state index >= 15 is 0 Å². The normalized spacial score (nSPS) is 11.8. The zero-order valence-corrected chi connectivity index (χ0v) is 14.9. The number of benzene rings is 4. The summed E-state index contributed by atoms with van der Waals surface area (Å²) < 4.78 is 0. The Hall–Kier alpha value is -2.86. The standard InChI is InChI=1S/C25H20/c1-15-10-11-19(16(2)12-15)22-14-24-21-9-5-7-18-6-4-8-20(25(18)21)23(24)13-17(22)3/h4-14H,1-3H3. The Kier molecular flexibility index (Phi) is 2.93. The maximum Gasteiger partial charge on any atom is -0.00264 e. The van der Waals surface area contributed by atoms with Gasteiger partial charge in [-0.2, -0.15) is 0 Å². The molecule has 1 aliphatic carbocycles. The summed E-state index contributed by atoms with van der Waals surface area (Å²) in [5.41, 5.74) is 12.2. The van der Waals surface area contributed by atoms with Crippen LogP contribution in [0.3, 0.4) is 0 Å². The molecule has 0 radical (unpaired) electrons. The Balaban J connectivity index is 1.83. The van der Waals surface area contributed by atoms with Gasteiger partial charge in [-0.25, -0.2) is 0 Å². The van der Waals surface area contributed by atoms with Crippen LogP contribution in [0.4, 0.5) is 0 Å². The first-order valence-corrected chi connectivity index (χ1v) is 8.88. The highest BCUT2D eigenvalue weighted by Crippen LogP contribution is 2.49. The number of fused-ring (bicyclic) bond motifs is 3. The van der Waals surface area contributed by atoms with Crippen LogP contribution in [0, 0.1) is 20.8 Å². The van der Waals surface area contributed by atoms with Crippen molar-refractivity contribution in [3.63, 3.8) is 0 Å². The lowest BCUT2D eigenvalue weighted by Crippen LogP contribution is -1.90. The van der Waals surface area contributed by atoms with Gasteiger partial charge >= 0.3 is 0 Å². The second kappa shape index (κ2) is 5.07.